The second-order valence-corrected chi connectivity index (χ2v) is 3.01. The van der Waals surface area contributed by atoms with Crippen LogP contribution in [0, 0.1) is 12.1 Å². The van der Waals surface area contributed by atoms with Crippen molar-refractivity contribution in [2.24, 2.45) is 0 Å². The van der Waals surface area contributed by atoms with E-state index >= 15 is 0 Å². The molecular formula is C17H22O4W. The van der Waals surface area contributed by atoms with Crippen LogP contribution in [0.3, 0.4) is 0 Å². The summed E-state index contributed by atoms with van der Waals surface area (Å²) >= 11 is 0. The monoisotopic (exact) mass is 474 g/mol. The number of carboxylic acids is 1. The van der Waals surface area contributed by atoms with Crippen molar-refractivity contribution in [2.45, 2.75) is 27.7 Å². The van der Waals surface area contributed by atoms with Crippen LogP contribution in [0.2, 0.25) is 0 Å². The van der Waals surface area contributed by atoms with Gasteiger partial charge in [0.05, 0.1) is 0 Å². The Kier molecular flexibility index (Phi) is 19.7. The van der Waals surface area contributed by atoms with Crippen molar-refractivity contribution in [3.63, 3.8) is 0 Å². The number of benzene rings is 2. The molecule has 0 aliphatic rings. The molecule has 2 aromatic rings. The predicted octanol–water partition coefficient (Wildman–Crippen LogP) is 4.13. The molecule has 0 unspecified atom stereocenters. The van der Waals surface area contributed by atoms with Crippen molar-refractivity contribution in [3.8, 4) is 11.5 Å². The third-order valence-electron chi connectivity index (χ3n) is 1.77. The Balaban J connectivity index is -0.000000266. The molecule has 3 N–H and O–H groups in total. The number of rotatable bonds is 1. The standard InChI is InChI=1S/C7H5O3.C6H5O.2C2H6.W/c8-6-4-2-1-3-5(6)7(9)10;7-6-4-2-1-3-5-6;2*1-2;/h2-4,8H,(H,9,10);2-5,7H;2*1-2H3;/q2*-1;;;+2. The number of hydrogen-bond donors (Lipinski definition) is 3. The van der Waals surface area contributed by atoms with Crippen molar-refractivity contribution in [1.82, 2.24) is 0 Å². The molecule has 0 amide bonds. The average molecular weight is 474 g/mol. The SMILES string of the molecule is CC.CC.O=C(O)c1c[c-]ccc1O.Oc1cc[c-]cc1.[W+2]. The van der Waals surface area contributed by atoms with Gasteiger partial charge in [0.25, 0.3) is 5.97 Å². The first-order valence-electron chi connectivity index (χ1n) is 6.68. The fourth-order valence-electron chi connectivity index (χ4n) is 0.972. The molecule has 0 aliphatic carbocycles. The summed E-state index contributed by atoms with van der Waals surface area (Å²) in [6.07, 6.45) is 0. The van der Waals surface area contributed by atoms with Crippen molar-refractivity contribution in [2.75, 3.05) is 0 Å². The van der Waals surface area contributed by atoms with Gasteiger partial charge in [0, 0.05) is 11.5 Å². The molecule has 2 aromatic carbocycles. The molecule has 0 radical (unpaired) electrons. The van der Waals surface area contributed by atoms with Gasteiger partial charge in [-0.2, -0.15) is 36.4 Å². The van der Waals surface area contributed by atoms with Gasteiger partial charge in [0.15, 0.2) is 0 Å². The molecule has 5 heteroatoms. The summed E-state index contributed by atoms with van der Waals surface area (Å²) in [7, 11) is 0. The molecule has 0 spiro atoms. The number of carboxylic acid groups (broad SMARTS) is 1. The van der Waals surface area contributed by atoms with Gasteiger partial charge in [0.2, 0.25) is 0 Å². The molecular weight excluding hydrogens is 452 g/mol. The van der Waals surface area contributed by atoms with Crippen molar-refractivity contribution in [3.05, 3.63) is 60.2 Å². The van der Waals surface area contributed by atoms with E-state index in [2.05, 4.69) is 12.1 Å². The molecule has 120 valence electrons. The van der Waals surface area contributed by atoms with Crippen molar-refractivity contribution >= 4 is 5.97 Å². The van der Waals surface area contributed by atoms with Crippen molar-refractivity contribution < 1.29 is 41.2 Å². The van der Waals surface area contributed by atoms with Gasteiger partial charge in [-0.25, -0.2) is 0 Å². The second kappa shape index (κ2) is 17.3. The minimum atomic E-state index is -1.14. The second-order valence-electron chi connectivity index (χ2n) is 3.01. The number of aromatic carboxylic acids is 1. The summed E-state index contributed by atoms with van der Waals surface area (Å²) in [5, 5.41) is 25.9. The van der Waals surface area contributed by atoms with E-state index in [1.165, 1.54) is 18.2 Å². The van der Waals surface area contributed by atoms with Gasteiger partial charge in [-0.05, 0) is 5.56 Å². The van der Waals surface area contributed by atoms with Crippen LogP contribution >= 0.6 is 0 Å². The van der Waals surface area contributed by atoms with E-state index in [4.69, 9.17) is 15.3 Å². The Hall–Kier alpha value is -1.80. The van der Waals surface area contributed by atoms with Gasteiger partial charge in [-0.3, -0.25) is 4.79 Å². The van der Waals surface area contributed by atoms with Crippen LogP contribution in [0.4, 0.5) is 0 Å². The van der Waals surface area contributed by atoms with Crippen LogP contribution in [0.15, 0.2) is 42.5 Å². The number of phenolic OH excluding ortho intramolecular Hbond substituents is 1. The summed E-state index contributed by atoms with van der Waals surface area (Å²) in [4.78, 5) is 10.2. The van der Waals surface area contributed by atoms with Gasteiger partial charge >= 0.3 is 21.1 Å². The predicted molar refractivity (Wildman–Crippen MR) is 83.5 cm³/mol. The maximum Gasteiger partial charge on any atom is 2.00 e. The van der Waals surface area contributed by atoms with Gasteiger partial charge in [-0.1, -0.05) is 27.7 Å². The molecule has 4 nitrogen and oxygen atoms in total. The average Bonchev–Trinajstić information content (AvgIpc) is 2.53. The van der Waals surface area contributed by atoms with E-state index in [1.54, 1.807) is 24.3 Å². The molecule has 0 aromatic heterocycles. The Morgan fingerprint density at radius 1 is 0.909 bits per heavy atom. The minimum absolute atomic E-state index is 0. The summed E-state index contributed by atoms with van der Waals surface area (Å²) in [6.45, 7) is 8.00. The zero-order valence-electron chi connectivity index (χ0n) is 13.2. The Morgan fingerprint density at radius 3 is 1.64 bits per heavy atom. The molecule has 0 fully saturated rings. The smallest absolute Gasteiger partial charge is 0.533 e. The van der Waals surface area contributed by atoms with Crippen LogP contribution in [0.25, 0.3) is 0 Å². The quantitative estimate of drug-likeness (QED) is 0.544. The van der Waals surface area contributed by atoms with Gasteiger partial charge < -0.3 is 15.3 Å². The van der Waals surface area contributed by atoms with Crippen molar-refractivity contribution in [1.29, 1.82) is 0 Å². The van der Waals surface area contributed by atoms with Crippen LogP contribution in [0.5, 0.6) is 11.5 Å². The van der Waals surface area contributed by atoms with Crippen LogP contribution in [-0.4, -0.2) is 21.3 Å². The third-order valence-corrected chi connectivity index (χ3v) is 1.77. The molecule has 0 heterocycles. The zero-order valence-corrected chi connectivity index (χ0v) is 16.1. The molecule has 0 bridgehead atoms. The Morgan fingerprint density at radius 2 is 1.36 bits per heavy atom. The summed E-state index contributed by atoms with van der Waals surface area (Å²) in [6, 6.07) is 15.8. The number of phenols is 2. The normalized spacial score (nSPS) is 7.45. The molecule has 2 rings (SSSR count). The molecule has 0 saturated heterocycles. The summed E-state index contributed by atoms with van der Waals surface area (Å²) in [5.41, 5.74) is -0.123. The topological polar surface area (TPSA) is 77.8 Å². The molecule has 0 atom stereocenters. The van der Waals surface area contributed by atoms with E-state index < -0.39 is 5.97 Å². The first kappa shape index (κ1) is 25.2. The molecule has 0 saturated carbocycles. The maximum absolute atomic E-state index is 10.2. The Labute approximate surface area is 146 Å². The van der Waals surface area contributed by atoms with E-state index in [0.29, 0.717) is 5.75 Å². The zero-order chi connectivity index (χ0) is 16.7. The van der Waals surface area contributed by atoms with E-state index in [1.807, 2.05) is 27.7 Å². The minimum Gasteiger partial charge on any atom is -0.533 e. The maximum atomic E-state index is 10.2. The third kappa shape index (κ3) is 12.0. The largest absolute Gasteiger partial charge is 2.00 e. The Bertz CT molecular complexity index is 487. The summed E-state index contributed by atoms with van der Waals surface area (Å²) in [5.74, 6) is -1.08. The molecule has 22 heavy (non-hydrogen) atoms. The van der Waals surface area contributed by atoms with E-state index in [-0.39, 0.29) is 32.4 Å². The van der Waals surface area contributed by atoms with Crippen LogP contribution in [0.1, 0.15) is 38.1 Å². The van der Waals surface area contributed by atoms with Crippen LogP contribution in [-0.2, 0) is 21.1 Å². The fourth-order valence-corrected chi connectivity index (χ4v) is 0.972. The van der Waals surface area contributed by atoms with E-state index in [9.17, 15) is 4.79 Å². The van der Waals surface area contributed by atoms with Gasteiger partial charge in [-0.15, -0.1) is 18.2 Å². The van der Waals surface area contributed by atoms with E-state index in [0.717, 1.165) is 0 Å². The van der Waals surface area contributed by atoms with Crippen LogP contribution < -0.4 is 0 Å². The number of hydrogen-bond acceptors (Lipinski definition) is 3. The number of carbonyl (C=O) groups is 1. The number of aromatic hydroxyl groups is 2. The fraction of sp³-hybridized carbons (Fsp3) is 0.235. The summed E-state index contributed by atoms with van der Waals surface area (Å²) < 4.78 is 0. The first-order chi connectivity index (χ1) is 10.1. The van der Waals surface area contributed by atoms with Gasteiger partial charge in [0.1, 0.15) is 0 Å². The first-order valence-corrected chi connectivity index (χ1v) is 6.68. The molecule has 0 aliphatic heterocycles.